The average molecular weight is 240 g/mol. The van der Waals surface area contributed by atoms with E-state index in [1.807, 2.05) is 18.2 Å². The van der Waals surface area contributed by atoms with Gasteiger partial charge in [0.15, 0.2) is 0 Å². The van der Waals surface area contributed by atoms with Crippen molar-refractivity contribution in [1.82, 2.24) is 0 Å². The summed E-state index contributed by atoms with van der Waals surface area (Å²) in [5.74, 6) is -3.33. The first-order valence-corrected chi connectivity index (χ1v) is 5.14. The Morgan fingerprint density at radius 2 is 1.59 bits per heavy atom. The predicted octanol–water partition coefficient (Wildman–Crippen LogP) is 1.33. The fourth-order valence-electron chi connectivity index (χ4n) is 1.20. The molecule has 0 saturated carbocycles. The summed E-state index contributed by atoms with van der Waals surface area (Å²) >= 11 is 0. The molecule has 0 radical (unpaired) electrons. The van der Waals surface area contributed by atoms with Gasteiger partial charge in [0.05, 0.1) is 0 Å². The van der Waals surface area contributed by atoms with E-state index < -0.39 is 11.9 Å². The van der Waals surface area contributed by atoms with Crippen LogP contribution in [0.2, 0.25) is 0 Å². The molecule has 1 unspecified atom stereocenters. The van der Waals surface area contributed by atoms with Gasteiger partial charge in [0.25, 0.3) is 0 Å². The molecular weight excluding hydrogens is 224 g/mol. The Morgan fingerprint density at radius 1 is 1.12 bits per heavy atom. The normalized spacial score (nSPS) is 10.9. The van der Waals surface area contributed by atoms with Crippen molar-refractivity contribution < 1.29 is 24.9 Å². The van der Waals surface area contributed by atoms with Gasteiger partial charge in [-0.3, -0.25) is 0 Å². The summed E-state index contributed by atoms with van der Waals surface area (Å²) in [7, 11) is 0. The van der Waals surface area contributed by atoms with Crippen molar-refractivity contribution in [2.24, 2.45) is 0 Å². The summed E-state index contributed by atoms with van der Waals surface area (Å²) in [6.45, 7) is 2.34. The van der Waals surface area contributed by atoms with Crippen LogP contribution in [0.4, 0.5) is 0 Å². The van der Waals surface area contributed by atoms with E-state index in [1.165, 1.54) is 5.56 Å². The summed E-state index contributed by atoms with van der Waals surface area (Å²) in [6, 6.07) is 10.1. The van der Waals surface area contributed by atoms with Crippen molar-refractivity contribution in [2.75, 3.05) is 6.61 Å². The summed E-state index contributed by atoms with van der Waals surface area (Å²) in [5.41, 5.74) is 1.23. The molecule has 0 fully saturated rings. The number of aliphatic hydroxyl groups is 1. The van der Waals surface area contributed by atoms with E-state index >= 15 is 0 Å². The first kappa shape index (κ1) is 15.1. The number of carboxylic acid groups (broad SMARTS) is 2. The molecule has 0 spiro atoms. The molecule has 1 atom stereocenters. The van der Waals surface area contributed by atoms with Crippen LogP contribution in [0.5, 0.6) is 0 Å². The Morgan fingerprint density at radius 3 is 1.88 bits per heavy atom. The largest absolute Gasteiger partial charge is 0.473 e. The van der Waals surface area contributed by atoms with Crippen LogP contribution in [0.3, 0.4) is 0 Å². The van der Waals surface area contributed by atoms with Gasteiger partial charge < -0.3 is 15.3 Å². The lowest BCUT2D eigenvalue weighted by molar-refractivity contribution is -0.159. The zero-order valence-corrected chi connectivity index (χ0v) is 9.54. The second-order valence-electron chi connectivity index (χ2n) is 3.31. The SMILES string of the molecule is CCC(CO)c1ccccc1.O=C(O)C(=O)O. The van der Waals surface area contributed by atoms with Crippen molar-refractivity contribution in [3.8, 4) is 0 Å². The summed E-state index contributed by atoms with van der Waals surface area (Å²) in [6.07, 6.45) is 1.00. The van der Waals surface area contributed by atoms with Gasteiger partial charge >= 0.3 is 11.9 Å². The molecule has 0 bridgehead atoms. The number of rotatable bonds is 3. The van der Waals surface area contributed by atoms with Crippen LogP contribution in [0.1, 0.15) is 24.8 Å². The Hall–Kier alpha value is -1.88. The molecule has 0 saturated heterocycles. The minimum Gasteiger partial charge on any atom is -0.473 e. The molecule has 5 nitrogen and oxygen atoms in total. The van der Waals surface area contributed by atoms with E-state index in [0.29, 0.717) is 5.92 Å². The zero-order valence-electron chi connectivity index (χ0n) is 9.54. The van der Waals surface area contributed by atoms with Gasteiger partial charge in [-0.2, -0.15) is 0 Å². The molecule has 0 aliphatic heterocycles. The maximum atomic E-state index is 9.10. The second kappa shape index (κ2) is 8.29. The zero-order chi connectivity index (χ0) is 13.3. The molecule has 94 valence electrons. The predicted molar refractivity (Wildman–Crippen MR) is 61.8 cm³/mol. The second-order valence-corrected chi connectivity index (χ2v) is 3.31. The molecule has 0 aliphatic carbocycles. The van der Waals surface area contributed by atoms with Crippen LogP contribution in [0.15, 0.2) is 30.3 Å². The van der Waals surface area contributed by atoms with Gasteiger partial charge in [0.2, 0.25) is 0 Å². The van der Waals surface area contributed by atoms with Crippen molar-refractivity contribution in [3.63, 3.8) is 0 Å². The summed E-state index contributed by atoms with van der Waals surface area (Å²) in [5, 5.41) is 23.8. The number of carboxylic acids is 2. The number of hydrogen-bond acceptors (Lipinski definition) is 3. The Kier molecular flexibility index (Phi) is 7.38. The maximum Gasteiger partial charge on any atom is 0.414 e. The summed E-state index contributed by atoms with van der Waals surface area (Å²) < 4.78 is 0. The highest BCUT2D eigenvalue weighted by atomic mass is 16.4. The topological polar surface area (TPSA) is 94.8 Å². The van der Waals surface area contributed by atoms with Gasteiger partial charge in [-0.1, -0.05) is 37.3 Å². The van der Waals surface area contributed by atoms with E-state index in [2.05, 4.69) is 19.1 Å². The number of aliphatic hydroxyl groups excluding tert-OH is 1. The van der Waals surface area contributed by atoms with Gasteiger partial charge in [-0.05, 0) is 12.0 Å². The van der Waals surface area contributed by atoms with E-state index in [-0.39, 0.29) is 6.61 Å². The highest BCUT2D eigenvalue weighted by molar-refractivity contribution is 6.27. The minimum atomic E-state index is -1.82. The standard InChI is InChI=1S/C10H14O.C2H2O4/c1-2-9(8-11)10-6-4-3-5-7-10;3-1(4)2(5)6/h3-7,9,11H,2,8H2,1H3;(H,3,4)(H,5,6). The molecule has 0 heterocycles. The maximum absolute atomic E-state index is 9.10. The molecule has 0 amide bonds. The number of carbonyl (C=O) groups is 2. The monoisotopic (exact) mass is 240 g/mol. The van der Waals surface area contributed by atoms with Crippen LogP contribution in [-0.2, 0) is 9.59 Å². The lowest BCUT2D eigenvalue weighted by atomic mass is 9.98. The van der Waals surface area contributed by atoms with Crippen molar-refractivity contribution in [3.05, 3.63) is 35.9 Å². The minimum absolute atomic E-state index is 0.251. The third-order valence-corrected chi connectivity index (χ3v) is 2.17. The van der Waals surface area contributed by atoms with Gasteiger partial charge in [0, 0.05) is 12.5 Å². The number of aliphatic carboxylic acids is 2. The van der Waals surface area contributed by atoms with E-state index in [9.17, 15) is 0 Å². The van der Waals surface area contributed by atoms with Crippen LogP contribution in [0.25, 0.3) is 0 Å². The fourth-order valence-corrected chi connectivity index (χ4v) is 1.20. The summed E-state index contributed by atoms with van der Waals surface area (Å²) in [4.78, 5) is 18.2. The highest BCUT2D eigenvalue weighted by Crippen LogP contribution is 2.17. The quantitative estimate of drug-likeness (QED) is 0.693. The molecular formula is C12H16O5. The van der Waals surface area contributed by atoms with Crippen LogP contribution in [-0.4, -0.2) is 33.9 Å². The van der Waals surface area contributed by atoms with E-state index in [0.717, 1.165) is 6.42 Å². The fraction of sp³-hybridized carbons (Fsp3) is 0.333. The molecule has 0 aromatic heterocycles. The Balaban J connectivity index is 0.000000366. The number of hydrogen-bond donors (Lipinski definition) is 3. The Bertz CT molecular complexity index is 331. The van der Waals surface area contributed by atoms with Gasteiger partial charge in [0.1, 0.15) is 0 Å². The van der Waals surface area contributed by atoms with E-state index in [1.54, 1.807) is 0 Å². The third-order valence-electron chi connectivity index (χ3n) is 2.17. The van der Waals surface area contributed by atoms with Crippen molar-refractivity contribution in [1.29, 1.82) is 0 Å². The lowest BCUT2D eigenvalue weighted by Crippen LogP contribution is -2.09. The molecule has 17 heavy (non-hydrogen) atoms. The van der Waals surface area contributed by atoms with Gasteiger partial charge in [-0.15, -0.1) is 0 Å². The molecule has 1 aromatic carbocycles. The molecule has 1 rings (SSSR count). The smallest absolute Gasteiger partial charge is 0.414 e. The van der Waals surface area contributed by atoms with Crippen LogP contribution in [0, 0.1) is 0 Å². The van der Waals surface area contributed by atoms with Crippen molar-refractivity contribution >= 4 is 11.9 Å². The Labute approximate surface area is 99.3 Å². The lowest BCUT2D eigenvalue weighted by Gasteiger charge is -2.10. The first-order valence-electron chi connectivity index (χ1n) is 5.14. The van der Waals surface area contributed by atoms with Gasteiger partial charge in [-0.25, -0.2) is 9.59 Å². The molecule has 5 heteroatoms. The molecule has 1 aromatic rings. The van der Waals surface area contributed by atoms with Crippen LogP contribution < -0.4 is 0 Å². The molecule has 3 N–H and O–H groups in total. The first-order chi connectivity index (χ1) is 8.02. The highest BCUT2D eigenvalue weighted by Gasteiger charge is 2.05. The third kappa shape index (κ3) is 6.32. The number of benzene rings is 1. The van der Waals surface area contributed by atoms with Crippen LogP contribution >= 0.6 is 0 Å². The van der Waals surface area contributed by atoms with E-state index in [4.69, 9.17) is 24.9 Å². The van der Waals surface area contributed by atoms with Crippen molar-refractivity contribution in [2.45, 2.75) is 19.3 Å². The average Bonchev–Trinajstić information content (AvgIpc) is 2.32. The molecule has 0 aliphatic rings.